The molecule has 0 saturated carbocycles. The number of rotatable bonds is 6. The van der Waals surface area contributed by atoms with Gasteiger partial charge >= 0.3 is 0 Å². The maximum atomic E-state index is 5.90. The number of para-hydroxylation sites is 5. The van der Waals surface area contributed by atoms with E-state index in [1.807, 2.05) is 6.20 Å². The molecule has 0 radical (unpaired) electrons. The van der Waals surface area contributed by atoms with E-state index in [0.29, 0.717) is 0 Å². The van der Waals surface area contributed by atoms with Crippen LogP contribution in [0.4, 0.5) is 0 Å². The van der Waals surface area contributed by atoms with Crippen LogP contribution in [-0.2, 0) is 21.7 Å². The third-order valence-corrected chi connectivity index (χ3v) is 20.0. The van der Waals surface area contributed by atoms with Crippen LogP contribution < -0.4 is 0 Å². The van der Waals surface area contributed by atoms with Crippen LogP contribution >= 0.6 is 11.3 Å². The third kappa shape index (κ3) is 8.41. The third-order valence-electron chi connectivity index (χ3n) is 18.9. The molecule has 16 aromatic rings. The van der Waals surface area contributed by atoms with Gasteiger partial charge in [-0.05, 0) is 135 Å². The summed E-state index contributed by atoms with van der Waals surface area (Å²) in [5.74, 6) is 0. The fraction of sp³-hybridized carbons (Fsp3) is 0.195. The SMILES string of the molecule is CC(C)(C)c1ccc2c(c1)c1ccccc1n2-c1c(-c2cccnc2)c(-c2nc3ccccc3s2)c(-n2c3ccccc3c3cc(C(C)(C)C)ccc32)c(-n2c3ccccc3c3cc(C(C)(C)C)ccc32)c1-n1c2ccccc2c2cc(C(C)(C)C)ccc21. The highest BCUT2D eigenvalue weighted by atomic mass is 32.1. The van der Waals surface area contributed by atoms with Crippen LogP contribution in [0.25, 0.3) is 142 Å². The van der Waals surface area contributed by atoms with Crippen LogP contribution in [-0.4, -0.2) is 28.2 Å². The zero-order valence-corrected chi connectivity index (χ0v) is 53.7. The first-order chi connectivity index (χ1) is 42.7. The molecule has 436 valence electrons. The second-order valence-corrected chi connectivity index (χ2v) is 29.7. The molecule has 16 rings (SSSR count). The van der Waals surface area contributed by atoms with Crippen molar-refractivity contribution in [3.05, 3.63) is 241 Å². The largest absolute Gasteiger partial charge is 0.306 e. The summed E-state index contributed by atoms with van der Waals surface area (Å²) in [6.07, 6.45) is 4.00. The lowest BCUT2D eigenvalue weighted by molar-refractivity contribution is 0.591. The zero-order valence-electron chi connectivity index (χ0n) is 52.9. The summed E-state index contributed by atoms with van der Waals surface area (Å²) in [6, 6.07) is 78.4. The predicted octanol–water partition coefficient (Wildman–Crippen LogP) is 22.6. The molecule has 0 atom stereocenters. The number of nitrogens with zero attached hydrogens (tertiary/aromatic N) is 6. The fourth-order valence-corrected chi connectivity index (χ4v) is 15.3. The first kappa shape index (κ1) is 54.8. The molecular formula is C82H72N6S. The van der Waals surface area contributed by atoms with E-state index < -0.39 is 0 Å². The van der Waals surface area contributed by atoms with Crippen molar-refractivity contribution < 1.29 is 0 Å². The molecule has 7 heteroatoms. The highest BCUT2D eigenvalue weighted by molar-refractivity contribution is 7.21. The Hall–Kier alpha value is -9.56. The van der Waals surface area contributed by atoms with Crippen molar-refractivity contribution in [3.63, 3.8) is 0 Å². The Balaban J connectivity index is 1.29. The van der Waals surface area contributed by atoms with E-state index in [1.165, 1.54) is 65.3 Å². The van der Waals surface area contributed by atoms with Crippen molar-refractivity contribution in [2.75, 3.05) is 0 Å². The van der Waals surface area contributed by atoms with E-state index in [2.05, 4.69) is 314 Å². The Morgan fingerprint density at radius 2 is 0.629 bits per heavy atom. The molecule has 0 N–H and O–H groups in total. The summed E-state index contributed by atoms with van der Waals surface area (Å²) < 4.78 is 11.7. The molecule has 10 aromatic carbocycles. The van der Waals surface area contributed by atoms with Gasteiger partial charge in [0.15, 0.2) is 0 Å². The smallest absolute Gasteiger partial charge is 0.127 e. The zero-order chi connectivity index (χ0) is 61.2. The minimum Gasteiger partial charge on any atom is -0.306 e. The fourth-order valence-electron chi connectivity index (χ4n) is 14.3. The number of pyridine rings is 1. The first-order valence-electron chi connectivity index (χ1n) is 31.4. The van der Waals surface area contributed by atoms with E-state index in [0.717, 1.165) is 98.8 Å². The molecule has 0 aliphatic heterocycles. The second-order valence-electron chi connectivity index (χ2n) is 28.7. The van der Waals surface area contributed by atoms with E-state index in [9.17, 15) is 0 Å². The standard InChI is InChI=1S/C82H72N6S/c1-79(2,3)50-35-39-67-58(44-50)54-25-13-18-30-63(54)85(67)74-72(49-24-23-43-83-48-49)73(78-84-62-29-17-22-34-71(62)89-78)75(86-64-31-19-14-26-55(64)59-45-51(80(4,5)6)36-40-68(59)86)77(88-66-33-21-16-28-57(66)61-47-53(82(10,11)12)38-42-70(61)88)76(74)87-65-32-20-15-27-56(65)60-46-52(81(7,8)9)37-41-69(60)87/h13-48H,1-12H3. The molecular weight excluding hydrogens is 1100 g/mol. The van der Waals surface area contributed by atoms with Gasteiger partial charge in [0, 0.05) is 72.2 Å². The van der Waals surface area contributed by atoms with Crippen molar-refractivity contribution in [1.82, 2.24) is 28.2 Å². The van der Waals surface area contributed by atoms with Gasteiger partial charge in [0.25, 0.3) is 0 Å². The van der Waals surface area contributed by atoms with E-state index >= 15 is 0 Å². The number of hydrogen-bond acceptors (Lipinski definition) is 3. The summed E-state index contributed by atoms with van der Waals surface area (Å²) in [6.45, 7) is 27.9. The molecule has 0 saturated heterocycles. The van der Waals surface area contributed by atoms with Crippen molar-refractivity contribution in [3.8, 4) is 44.4 Å². The average molecular weight is 1170 g/mol. The molecule has 0 bridgehead atoms. The Labute approximate surface area is 524 Å². The monoisotopic (exact) mass is 1170 g/mol. The quantitative estimate of drug-likeness (QED) is 0.167. The van der Waals surface area contributed by atoms with Gasteiger partial charge in [-0.2, -0.15) is 0 Å². The predicted molar refractivity (Wildman–Crippen MR) is 380 cm³/mol. The van der Waals surface area contributed by atoms with E-state index in [1.54, 1.807) is 11.3 Å². The minimum absolute atomic E-state index is 0.105. The van der Waals surface area contributed by atoms with Crippen LogP contribution in [0.15, 0.2) is 219 Å². The molecule has 89 heavy (non-hydrogen) atoms. The molecule has 0 spiro atoms. The van der Waals surface area contributed by atoms with Crippen molar-refractivity contribution in [2.24, 2.45) is 0 Å². The van der Waals surface area contributed by atoms with Gasteiger partial charge in [-0.15, -0.1) is 11.3 Å². The van der Waals surface area contributed by atoms with Crippen LogP contribution in [0.2, 0.25) is 0 Å². The minimum atomic E-state index is -0.112. The Morgan fingerprint density at radius 3 is 0.978 bits per heavy atom. The molecule has 6 aromatic heterocycles. The van der Waals surface area contributed by atoms with Gasteiger partial charge in [-0.3, -0.25) is 4.98 Å². The Bertz CT molecular complexity index is 5560. The van der Waals surface area contributed by atoms with Crippen LogP contribution in [0.3, 0.4) is 0 Å². The summed E-state index contributed by atoms with van der Waals surface area (Å²) >= 11 is 1.77. The molecule has 0 fully saturated rings. The van der Waals surface area contributed by atoms with Gasteiger partial charge < -0.3 is 18.3 Å². The van der Waals surface area contributed by atoms with Crippen LogP contribution in [0.5, 0.6) is 0 Å². The van der Waals surface area contributed by atoms with Gasteiger partial charge in [-0.1, -0.05) is 198 Å². The van der Waals surface area contributed by atoms with Crippen molar-refractivity contribution in [1.29, 1.82) is 0 Å². The normalized spacial score (nSPS) is 12.9. The van der Waals surface area contributed by atoms with Crippen molar-refractivity contribution in [2.45, 2.75) is 105 Å². The van der Waals surface area contributed by atoms with E-state index in [4.69, 9.17) is 9.97 Å². The summed E-state index contributed by atoms with van der Waals surface area (Å²) in [4.78, 5) is 11.0. The summed E-state index contributed by atoms with van der Waals surface area (Å²) in [5.41, 5.74) is 21.6. The number of aromatic nitrogens is 6. The lowest BCUT2D eigenvalue weighted by Crippen LogP contribution is -2.17. The van der Waals surface area contributed by atoms with Crippen molar-refractivity contribution >= 4 is 109 Å². The number of fused-ring (bicyclic) bond motifs is 13. The lowest BCUT2D eigenvalue weighted by Gasteiger charge is -2.31. The first-order valence-corrected chi connectivity index (χ1v) is 32.2. The highest BCUT2D eigenvalue weighted by Crippen LogP contribution is 2.56. The van der Waals surface area contributed by atoms with E-state index in [-0.39, 0.29) is 21.7 Å². The molecule has 6 heterocycles. The lowest BCUT2D eigenvalue weighted by atomic mass is 9.86. The highest BCUT2D eigenvalue weighted by Gasteiger charge is 2.37. The summed E-state index contributed by atoms with van der Waals surface area (Å²) in [5, 5.41) is 10.4. The number of hydrogen-bond donors (Lipinski definition) is 0. The molecule has 0 aliphatic carbocycles. The summed E-state index contributed by atoms with van der Waals surface area (Å²) in [7, 11) is 0. The van der Waals surface area contributed by atoms with Gasteiger partial charge in [0.1, 0.15) is 5.01 Å². The second kappa shape index (κ2) is 19.5. The van der Waals surface area contributed by atoms with Gasteiger partial charge in [-0.25, -0.2) is 4.98 Å². The topological polar surface area (TPSA) is 45.5 Å². The molecule has 6 nitrogen and oxygen atoms in total. The molecule has 0 amide bonds. The average Bonchev–Trinajstić information content (AvgIpc) is 1.62. The maximum Gasteiger partial charge on any atom is 0.127 e. The van der Waals surface area contributed by atoms with Gasteiger partial charge in [0.2, 0.25) is 0 Å². The van der Waals surface area contributed by atoms with Crippen LogP contribution in [0.1, 0.15) is 105 Å². The number of thiazole rings is 1. The maximum absolute atomic E-state index is 5.90. The Morgan fingerprint density at radius 1 is 0.303 bits per heavy atom. The molecule has 0 aliphatic rings. The molecule has 0 unspecified atom stereocenters. The Kier molecular flexibility index (Phi) is 12.0. The van der Waals surface area contributed by atoms with Gasteiger partial charge in [0.05, 0.1) is 77.1 Å². The number of benzene rings is 10. The van der Waals surface area contributed by atoms with Crippen LogP contribution in [0, 0.1) is 0 Å².